The van der Waals surface area contributed by atoms with Crippen molar-refractivity contribution in [2.75, 3.05) is 5.32 Å². The molecule has 4 rings (SSSR count). The molecule has 1 N–H and O–H groups in total. The summed E-state index contributed by atoms with van der Waals surface area (Å²) in [6.07, 6.45) is 0. The highest BCUT2D eigenvalue weighted by Gasteiger charge is 2.24. The molecule has 1 amide bonds. The third-order valence-electron chi connectivity index (χ3n) is 3.90. The molecule has 0 saturated carbocycles. The minimum absolute atomic E-state index is 0.0945. The maximum absolute atomic E-state index is 13.6. The Morgan fingerprint density at radius 2 is 1.93 bits per heavy atom. The number of anilines is 1. The van der Waals surface area contributed by atoms with Crippen LogP contribution < -0.4 is 11.1 Å². The monoisotopic (exact) mass is 392 g/mol. The predicted molar refractivity (Wildman–Crippen MR) is 94.5 cm³/mol. The van der Waals surface area contributed by atoms with Crippen molar-refractivity contribution in [2.45, 2.75) is 0 Å². The first-order chi connectivity index (χ1) is 14.1. The lowest BCUT2D eigenvalue weighted by Gasteiger charge is -2.05. The minimum Gasteiger partial charge on any atom is -0.302 e. The van der Waals surface area contributed by atoms with Gasteiger partial charge in [0, 0.05) is 5.56 Å². The Balaban J connectivity index is 1.76. The molecular weight excluding hydrogens is 383 g/mol. The molecule has 2 aromatic heterocycles. The Kier molecular flexibility index (Phi) is 4.42. The maximum Gasteiger partial charge on any atom is 0.446 e. The van der Waals surface area contributed by atoms with Crippen molar-refractivity contribution in [3.05, 3.63) is 76.0 Å². The average Bonchev–Trinajstić information content (AvgIpc) is 3.35. The van der Waals surface area contributed by atoms with E-state index in [1.807, 2.05) is 0 Å². The van der Waals surface area contributed by atoms with E-state index >= 15 is 0 Å². The Bertz CT molecular complexity index is 1300. The Morgan fingerprint density at radius 1 is 1.14 bits per heavy atom. The summed E-state index contributed by atoms with van der Waals surface area (Å²) in [6, 6.07) is 13.4. The van der Waals surface area contributed by atoms with Gasteiger partial charge in [0.1, 0.15) is 11.9 Å². The molecule has 0 aliphatic heterocycles. The van der Waals surface area contributed by atoms with Gasteiger partial charge in [-0.15, -0.1) is 0 Å². The number of benzene rings is 2. The summed E-state index contributed by atoms with van der Waals surface area (Å²) in [5.41, 5.74) is 0.0871. The van der Waals surface area contributed by atoms with Crippen LogP contribution in [0.25, 0.3) is 17.2 Å². The minimum atomic E-state index is -0.918. The van der Waals surface area contributed by atoms with E-state index in [1.54, 1.807) is 36.4 Å². The van der Waals surface area contributed by atoms with Crippen LogP contribution in [0.5, 0.6) is 0 Å². The van der Waals surface area contributed by atoms with Crippen LogP contribution in [0.1, 0.15) is 15.9 Å². The summed E-state index contributed by atoms with van der Waals surface area (Å²) in [7, 11) is 0. The molecule has 0 bridgehead atoms. The van der Waals surface area contributed by atoms with E-state index in [0.29, 0.717) is 5.56 Å². The number of amides is 1. The van der Waals surface area contributed by atoms with Gasteiger partial charge in [-0.05, 0) is 40.6 Å². The molecule has 0 saturated heterocycles. The fraction of sp³-hybridized carbons (Fsp3) is 0. The molecule has 0 aliphatic carbocycles. The van der Waals surface area contributed by atoms with Crippen molar-refractivity contribution in [3.8, 4) is 23.3 Å². The second kappa shape index (κ2) is 7.20. The van der Waals surface area contributed by atoms with Crippen LogP contribution in [-0.2, 0) is 0 Å². The predicted octanol–water partition coefficient (Wildman–Crippen LogP) is 2.14. The number of hydrogen-bond donors (Lipinski definition) is 1. The van der Waals surface area contributed by atoms with Crippen molar-refractivity contribution < 1.29 is 18.3 Å². The third kappa shape index (κ3) is 3.26. The van der Waals surface area contributed by atoms with Crippen LogP contribution in [0, 0.1) is 17.1 Å². The van der Waals surface area contributed by atoms with Crippen molar-refractivity contribution in [1.29, 1.82) is 5.26 Å². The largest absolute Gasteiger partial charge is 0.446 e. The number of nitrogens with one attached hydrogen (secondary N) is 1. The van der Waals surface area contributed by atoms with Gasteiger partial charge in [-0.2, -0.15) is 5.26 Å². The van der Waals surface area contributed by atoms with Crippen LogP contribution in [0.2, 0.25) is 0 Å². The molecule has 29 heavy (non-hydrogen) atoms. The van der Waals surface area contributed by atoms with Gasteiger partial charge in [-0.25, -0.2) is 18.4 Å². The average molecular weight is 392 g/mol. The molecule has 2 aromatic carbocycles. The van der Waals surface area contributed by atoms with E-state index < -0.39 is 17.5 Å². The standard InChI is InChI=1S/C18H9FN6O4/c19-13-7-6-12(8-11(13)9-20)25-16(24-28-18(25)27)14-15(23-29-22-14)21-17(26)10-4-2-1-3-5-10/h1-8H,(H,21,23,26). The molecule has 10 nitrogen and oxygen atoms in total. The maximum atomic E-state index is 13.6. The zero-order valence-corrected chi connectivity index (χ0v) is 14.4. The number of nitriles is 1. The molecule has 0 radical (unpaired) electrons. The lowest BCUT2D eigenvalue weighted by molar-refractivity contribution is 0.102. The van der Waals surface area contributed by atoms with Crippen LogP contribution >= 0.6 is 0 Å². The second-order valence-electron chi connectivity index (χ2n) is 5.67. The Morgan fingerprint density at radius 3 is 2.69 bits per heavy atom. The summed E-state index contributed by atoms with van der Waals surface area (Å²) < 4.78 is 23.9. The first kappa shape index (κ1) is 17.8. The number of nitrogens with zero attached hydrogens (tertiary/aromatic N) is 5. The van der Waals surface area contributed by atoms with Gasteiger partial charge in [0.25, 0.3) is 5.91 Å². The molecule has 0 unspecified atom stereocenters. The van der Waals surface area contributed by atoms with E-state index in [2.05, 4.69) is 29.9 Å². The molecule has 11 heteroatoms. The van der Waals surface area contributed by atoms with E-state index in [-0.39, 0.29) is 28.6 Å². The number of rotatable bonds is 4. The normalized spacial score (nSPS) is 10.5. The second-order valence-corrected chi connectivity index (χ2v) is 5.67. The molecule has 2 heterocycles. The van der Waals surface area contributed by atoms with Crippen molar-refractivity contribution >= 4 is 11.7 Å². The molecule has 0 aliphatic rings. The van der Waals surface area contributed by atoms with E-state index in [9.17, 15) is 14.0 Å². The van der Waals surface area contributed by atoms with Crippen LogP contribution in [0.15, 0.2) is 62.5 Å². The number of carbonyl (C=O) groups excluding carboxylic acids is 1. The lowest BCUT2D eigenvalue weighted by Crippen LogP contribution is -2.16. The lowest BCUT2D eigenvalue weighted by atomic mass is 10.2. The summed E-state index contributed by atoms with van der Waals surface area (Å²) in [6.45, 7) is 0. The van der Waals surface area contributed by atoms with E-state index in [4.69, 9.17) is 5.26 Å². The molecular formula is C18H9FN6O4. The zero-order chi connectivity index (χ0) is 20.4. The molecule has 142 valence electrons. The highest BCUT2D eigenvalue weighted by molar-refractivity contribution is 6.04. The quantitative estimate of drug-likeness (QED) is 0.557. The molecule has 0 fully saturated rings. The van der Waals surface area contributed by atoms with Crippen LogP contribution in [0.4, 0.5) is 10.2 Å². The number of aromatic nitrogens is 4. The Hall–Kier alpha value is -4.59. The topological polar surface area (TPSA) is 140 Å². The fourth-order valence-corrected chi connectivity index (χ4v) is 2.55. The van der Waals surface area contributed by atoms with E-state index in [0.717, 1.165) is 16.7 Å². The smallest absolute Gasteiger partial charge is 0.302 e. The number of halogens is 1. The molecule has 0 atom stereocenters. The SMILES string of the molecule is N#Cc1cc(-n2c(-c3nonc3NC(=O)c3ccccc3)noc2=O)ccc1F. The number of carbonyl (C=O) groups is 1. The highest BCUT2D eigenvalue weighted by Crippen LogP contribution is 2.25. The van der Waals surface area contributed by atoms with Crippen LogP contribution in [-0.4, -0.2) is 25.9 Å². The highest BCUT2D eigenvalue weighted by atomic mass is 19.1. The van der Waals surface area contributed by atoms with Gasteiger partial charge in [-0.1, -0.05) is 23.4 Å². The summed E-state index contributed by atoms with van der Waals surface area (Å²) >= 11 is 0. The fourth-order valence-electron chi connectivity index (χ4n) is 2.55. The van der Waals surface area contributed by atoms with Crippen molar-refractivity contribution in [2.24, 2.45) is 0 Å². The molecule has 0 spiro atoms. The molecule has 4 aromatic rings. The first-order valence-electron chi connectivity index (χ1n) is 8.06. The zero-order valence-electron chi connectivity index (χ0n) is 14.4. The third-order valence-corrected chi connectivity index (χ3v) is 3.90. The van der Waals surface area contributed by atoms with Crippen LogP contribution in [0.3, 0.4) is 0 Å². The van der Waals surface area contributed by atoms with Crippen molar-refractivity contribution in [3.63, 3.8) is 0 Å². The van der Waals surface area contributed by atoms with Gasteiger partial charge in [0.15, 0.2) is 5.69 Å². The summed E-state index contributed by atoms with van der Waals surface area (Å²) in [5, 5.41) is 22.5. The van der Waals surface area contributed by atoms with Gasteiger partial charge in [0.05, 0.1) is 11.3 Å². The van der Waals surface area contributed by atoms with Gasteiger partial charge in [-0.3, -0.25) is 9.32 Å². The summed E-state index contributed by atoms with van der Waals surface area (Å²) in [5.74, 6) is -2.42. The van der Waals surface area contributed by atoms with Gasteiger partial charge >= 0.3 is 5.76 Å². The summed E-state index contributed by atoms with van der Waals surface area (Å²) in [4.78, 5) is 24.5. The first-order valence-corrected chi connectivity index (χ1v) is 8.06. The number of hydrogen-bond acceptors (Lipinski definition) is 8. The van der Waals surface area contributed by atoms with Gasteiger partial charge in [0.2, 0.25) is 11.6 Å². The van der Waals surface area contributed by atoms with Gasteiger partial charge < -0.3 is 5.32 Å². The van der Waals surface area contributed by atoms with Crippen molar-refractivity contribution in [1.82, 2.24) is 20.0 Å². The Labute approximate surface area is 160 Å². The van der Waals surface area contributed by atoms with E-state index in [1.165, 1.54) is 6.07 Å².